The van der Waals surface area contributed by atoms with E-state index in [2.05, 4.69) is 4.98 Å². The number of rotatable bonds is 3. The Balaban J connectivity index is 2.41. The van der Waals surface area contributed by atoms with Crippen molar-refractivity contribution in [2.75, 3.05) is 7.11 Å². The van der Waals surface area contributed by atoms with Gasteiger partial charge in [-0.3, -0.25) is 0 Å². The largest absolute Gasteiger partial charge is 0.497 e. The van der Waals surface area contributed by atoms with Gasteiger partial charge in [-0.2, -0.15) is 0 Å². The van der Waals surface area contributed by atoms with Crippen molar-refractivity contribution in [1.29, 1.82) is 0 Å². The van der Waals surface area contributed by atoms with Crippen molar-refractivity contribution >= 4 is 5.97 Å². The van der Waals surface area contributed by atoms with Gasteiger partial charge in [-0.05, 0) is 30.7 Å². The molecule has 0 spiro atoms. The van der Waals surface area contributed by atoms with Gasteiger partial charge >= 0.3 is 5.97 Å². The fourth-order valence-corrected chi connectivity index (χ4v) is 1.76. The van der Waals surface area contributed by atoms with Crippen molar-refractivity contribution in [2.45, 2.75) is 6.92 Å². The van der Waals surface area contributed by atoms with Crippen LogP contribution < -0.4 is 4.74 Å². The van der Waals surface area contributed by atoms with Crippen LogP contribution in [0.1, 0.15) is 16.2 Å². The van der Waals surface area contributed by atoms with Crippen LogP contribution in [0.4, 0.5) is 0 Å². The first-order valence-electron chi connectivity index (χ1n) is 5.47. The minimum Gasteiger partial charge on any atom is -0.497 e. The predicted molar refractivity (Wildman–Crippen MR) is 67.9 cm³/mol. The van der Waals surface area contributed by atoms with E-state index in [-0.39, 0.29) is 5.69 Å². The molecular weight excluding hydrogens is 230 g/mol. The van der Waals surface area contributed by atoms with Gasteiger partial charge in [0.05, 0.1) is 7.11 Å². The van der Waals surface area contributed by atoms with Gasteiger partial charge in [0.15, 0.2) is 0 Å². The third-order valence-corrected chi connectivity index (χ3v) is 2.71. The minimum atomic E-state index is -1.01. The van der Waals surface area contributed by atoms with Crippen molar-refractivity contribution in [2.24, 2.45) is 0 Å². The molecule has 0 radical (unpaired) electrons. The Labute approximate surface area is 105 Å². The number of nitrogens with zero attached hydrogens (tertiary/aromatic N) is 1. The van der Waals surface area contributed by atoms with Crippen molar-refractivity contribution < 1.29 is 14.6 Å². The van der Waals surface area contributed by atoms with E-state index in [4.69, 9.17) is 9.84 Å². The van der Waals surface area contributed by atoms with Gasteiger partial charge in [0.2, 0.25) is 0 Å². The van der Waals surface area contributed by atoms with E-state index < -0.39 is 5.97 Å². The summed E-state index contributed by atoms with van der Waals surface area (Å²) in [5.74, 6) is -0.231. The fraction of sp³-hybridized carbons (Fsp3) is 0.143. The highest BCUT2D eigenvalue weighted by molar-refractivity contribution is 5.86. The maximum absolute atomic E-state index is 10.8. The fourth-order valence-electron chi connectivity index (χ4n) is 1.76. The number of benzene rings is 1. The smallest absolute Gasteiger partial charge is 0.354 e. The molecule has 0 amide bonds. The molecular formula is C14H13NO3. The maximum Gasteiger partial charge on any atom is 0.354 e. The molecule has 0 aliphatic heterocycles. The van der Waals surface area contributed by atoms with E-state index in [0.717, 1.165) is 16.9 Å². The zero-order valence-electron chi connectivity index (χ0n) is 10.2. The van der Waals surface area contributed by atoms with E-state index in [1.165, 1.54) is 6.07 Å². The number of ether oxygens (including phenoxy) is 1. The summed E-state index contributed by atoms with van der Waals surface area (Å²) in [7, 11) is 1.61. The summed E-state index contributed by atoms with van der Waals surface area (Å²) in [6.07, 6.45) is 0. The van der Waals surface area contributed by atoms with Gasteiger partial charge in [0, 0.05) is 11.3 Å². The molecule has 92 valence electrons. The lowest BCUT2D eigenvalue weighted by Gasteiger charge is -2.07. The molecule has 1 heterocycles. The zero-order valence-corrected chi connectivity index (χ0v) is 10.2. The van der Waals surface area contributed by atoms with Crippen molar-refractivity contribution in [3.8, 4) is 16.9 Å². The molecule has 0 fully saturated rings. The van der Waals surface area contributed by atoms with Crippen molar-refractivity contribution in [1.82, 2.24) is 4.98 Å². The highest BCUT2D eigenvalue weighted by Gasteiger charge is 2.08. The second-order valence-electron chi connectivity index (χ2n) is 3.86. The number of methoxy groups -OCH3 is 1. The highest BCUT2D eigenvalue weighted by Crippen LogP contribution is 2.24. The monoisotopic (exact) mass is 243 g/mol. The van der Waals surface area contributed by atoms with Gasteiger partial charge < -0.3 is 9.84 Å². The number of carboxylic acid groups (broad SMARTS) is 1. The van der Waals surface area contributed by atoms with Crippen LogP contribution in [0.2, 0.25) is 0 Å². The molecule has 2 rings (SSSR count). The Kier molecular flexibility index (Phi) is 3.28. The van der Waals surface area contributed by atoms with Crippen LogP contribution in [-0.2, 0) is 0 Å². The lowest BCUT2D eigenvalue weighted by Crippen LogP contribution is -2.02. The summed E-state index contributed by atoms with van der Waals surface area (Å²) in [4.78, 5) is 14.9. The zero-order chi connectivity index (χ0) is 13.1. The lowest BCUT2D eigenvalue weighted by molar-refractivity contribution is 0.0690. The van der Waals surface area contributed by atoms with Crippen molar-refractivity contribution in [3.63, 3.8) is 0 Å². The molecule has 0 saturated carbocycles. The third-order valence-electron chi connectivity index (χ3n) is 2.71. The lowest BCUT2D eigenvalue weighted by atomic mass is 10.0. The predicted octanol–water partition coefficient (Wildman–Crippen LogP) is 2.76. The summed E-state index contributed by atoms with van der Waals surface area (Å²) >= 11 is 0. The van der Waals surface area contributed by atoms with Gasteiger partial charge in [0.1, 0.15) is 11.4 Å². The average Bonchev–Trinajstić information content (AvgIpc) is 2.38. The number of hydrogen-bond acceptors (Lipinski definition) is 3. The van der Waals surface area contributed by atoms with E-state index in [1.54, 1.807) is 20.1 Å². The molecule has 0 aliphatic rings. The number of aromatic nitrogens is 1. The number of carboxylic acids is 1. The molecule has 0 atom stereocenters. The molecule has 0 bridgehead atoms. The first-order chi connectivity index (χ1) is 8.61. The molecule has 18 heavy (non-hydrogen) atoms. The first kappa shape index (κ1) is 12.1. The Morgan fingerprint density at radius 3 is 2.33 bits per heavy atom. The normalized spacial score (nSPS) is 10.1. The van der Waals surface area contributed by atoms with Crippen LogP contribution in [0, 0.1) is 6.92 Å². The molecule has 1 aromatic heterocycles. The molecule has 4 nitrogen and oxygen atoms in total. The summed E-state index contributed by atoms with van der Waals surface area (Å²) in [5, 5.41) is 8.86. The molecule has 0 saturated heterocycles. The van der Waals surface area contributed by atoms with Crippen LogP contribution in [0.5, 0.6) is 5.75 Å². The van der Waals surface area contributed by atoms with Crippen LogP contribution in [-0.4, -0.2) is 23.2 Å². The number of aromatic carboxylic acids is 1. The molecule has 1 aromatic carbocycles. The summed E-state index contributed by atoms with van der Waals surface area (Å²) in [5.41, 5.74) is 2.66. The Hall–Kier alpha value is -2.36. The Morgan fingerprint density at radius 1 is 1.17 bits per heavy atom. The second kappa shape index (κ2) is 4.87. The number of pyridine rings is 1. The molecule has 0 unspecified atom stereocenters. The van der Waals surface area contributed by atoms with Gasteiger partial charge in [-0.1, -0.05) is 18.2 Å². The average molecular weight is 243 g/mol. The van der Waals surface area contributed by atoms with Crippen LogP contribution >= 0.6 is 0 Å². The highest BCUT2D eigenvalue weighted by atomic mass is 16.5. The molecule has 0 aliphatic carbocycles. The number of aryl methyl sites for hydroxylation is 1. The number of carbonyl (C=O) groups is 1. The van der Waals surface area contributed by atoms with Crippen LogP contribution in [0.25, 0.3) is 11.1 Å². The molecule has 2 aromatic rings. The molecule has 1 N–H and O–H groups in total. The summed E-state index contributed by atoms with van der Waals surface area (Å²) < 4.78 is 5.09. The third kappa shape index (κ3) is 2.32. The second-order valence-corrected chi connectivity index (χ2v) is 3.86. The summed E-state index contributed by atoms with van der Waals surface area (Å²) in [6, 6.07) is 10.8. The van der Waals surface area contributed by atoms with Crippen LogP contribution in [0.15, 0.2) is 36.4 Å². The molecule has 4 heteroatoms. The summed E-state index contributed by atoms with van der Waals surface area (Å²) in [6.45, 7) is 1.80. The number of hydrogen-bond donors (Lipinski definition) is 1. The van der Waals surface area contributed by atoms with E-state index in [1.807, 2.05) is 24.3 Å². The Bertz CT molecular complexity index is 576. The van der Waals surface area contributed by atoms with E-state index >= 15 is 0 Å². The van der Waals surface area contributed by atoms with E-state index in [0.29, 0.717) is 5.69 Å². The Morgan fingerprint density at radius 2 is 1.83 bits per heavy atom. The maximum atomic E-state index is 10.8. The van der Waals surface area contributed by atoms with Gasteiger partial charge in [-0.25, -0.2) is 9.78 Å². The van der Waals surface area contributed by atoms with Crippen molar-refractivity contribution in [3.05, 3.63) is 47.8 Å². The van der Waals surface area contributed by atoms with E-state index in [9.17, 15) is 4.79 Å². The van der Waals surface area contributed by atoms with Crippen LogP contribution in [0.3, 0.4) is 0 Å². The minimum absolute atomic E-state index is 0.0600. The topological polar surface area (TPSA) is 59.4 Å². The van der Waals surface area contributed by atoms with Gasteiger partial charge in [0.25, 0.3) is 0 Å². The quantitative estimate of drug-likeness (QED) is 0.900. The first-order valence-corrected chi connectivity index (χ1v) is 5.47. The van der Waals surface area contributed by atoms with Gasteiger partial charge in [-0.15, -0.1) is 0 Å². The SMILES string of the molecule is COc1ccc(-c2ccc(C(=O)O)nc2C)cc1. The standard InChI is InChI=1S/C14H13NO3/c1-9-12(7-8-13(15-9)14(16)17)10-3-5-11(18-2)6-4-10/h3-8H,1-2H3,(H,16,17).